The van der Waals surface area contributed by atoms with E-state index in [0.29, 0.717) is 11.8 Å². The van der Waals surface area contributed by atoms with Crippen LogP contribution in [0.1, 0.15) is 17.9 Å². The molecule has 0 amide bonds. The summed E-state index contributed by atoms with van der Waals surface area (Å²) in [5.41, 5.74) is 7.29. The van der Waals surface area contributed by atoms with Crippen molar-refractivity contribution in [2.45, 2.75) is 12.3 Å². The van der Waals surface area contributed by atoms with E-state index in [1.54, 1.807) is 0 Å². The summed E-state index contributed by atoms with van der Waals surface area (Å²) < 4.78 is 1.15. The van der Waals surface area contributed by atoms with Gasteiger partial charge < -0.3 is 5.73 Å². The lowest BCUT2D eigenvalue weighted by molar-refractivity contribution is 0.440. The van der Waals surface area contributed by atoms with Gasteiger partial charge >= 0.3 is 0 Å². The fourth-order valence-electron chi connectivity index (χ4n) is 2.14. The zero-order valence-electron chi connectivity index (χ0n) is 8.66. The highest BCUT2D eigenvalue weighted by Gasteiger charge is 2.25. The van der Waals surface area contributed by atoms with Gasteiger partial charge in [-0.05, 0) is 48.3 Å². The molecule has 2 N–H and O–H groups in total. The third-order valence-electron chi connectivity index (χ3n) is 3.10. The summed E-state index contributed by atoms with van der Waals surface area (Å²) in [4.78, 5) is 0. The molecule has 2 rings (SSSR count). The topological polar surface area (TPSA) is 26.0 Å². The van der Waals surface area contributed by atoms with Crippen LogP contribution in [-0.2, 0) is 0 Å². The maximum absolute atomic E-state index is 5.84. The minimum Gasteiger partial charge on any atom is -0.330 e. The second kappa shape index (κ2) is 5.37. The first-order valence-corrected chi connectivity index (χ1v) is 7.29. The number of benzene rings is 1. The summed E-state index contributed by atoms with van der Waals surface area (Å²) in [7, 11) is 0. The number of rotatable bonds is 2. The molecule has 1 aliphatic heterocycles. The van der Waals surface area contributed by atoms with Crippen LogP contribution >= 0.6 is 27.7 Å². The Morgan fingerprint density at radius 2 is 2.07 bits per heavy atom. The van der Waals surface area contributed by atoms with Crippen molar-refractivity contribution >= 4 is 27.7 Å². The first-order chi connectivity index (χ1) is 7.31. The molecule has 0 saturated carbocycles. The monoisotopic (exact) mass is 285 g/mol. The van der Waals surface area contributed by atoms with Crippen molar-refractivity contribution in [3.8, 4) is 0 Å². The molecule has 0 spiro atoms. The minimum atomic E-state index is 0.654. The summed E-state index contributed by atoms with van der Waals surface area (Å²) in [6.45, 7) is 0.821. The van der Waals surface area contributed by atoms with Gasteiger partial charge in [0.05, 0.1) is 0 Å². The second-order valence-corrected chi connectivity index (χ2v) is 6.08. The Morgan fingerprint density at radius 1 is 1.33 bits per heavy atom. The quantitative estimate of drug-likeness (QED) is 0.903. The molecule has 15 heavy (non-hydrogen) atoms. The summed E-state index contributed by atoms with van der Waals surface area (Å²) in [5, 5.41) is 0. The van der Waals surface area contributed by atoms with Crippen LogP contribution in [0.2, 0.25) is 0 Å². The number of hydrogen-bond donors (Lipinski definition) is 1. The lowest BCUT2D eigenvalue weighted by Crippen LogP contribution is -2.27. The maximum Gasteiger partial charge on any atom is 0.0175 e. The summed E-state index contributed by atoms with van der Waals surface area (Å²) in [6, 6.07) is 8.71. The fraction of sp³-hybridized carbons (Fsp3) is 0.500. The number of nitrogens with two attached hydrogens (primary N) is 1. The van der Waals surface area contributed by atoms with Gasteiger partial charge in [0.1, 0.15) is 0 Å². The number of hydrogen-bond acceptors (Lipinski definition) is 2. The van der Waals surface area contributed by atoms with Gasteiger partial charge in [-0.25, -0.2) is 0 Å². The maximum atomic E-state index is 5.84. The lowest BCUT2D eigenvalue weighted by Gasteiger charge is -2.30. The van der Waals surface area contributed by atoms with Crippen LogP contribution in [-0.4, -0.2) is 18.1 Å². The van der Waals surface area contributed by atoms with Crippen LogP contribution in [0.5, 0.6) is 0 Å². The zero-order chi connectivity index (χ0) is 10.7. The molecule has 2 atom stereocenters. The first kappa shape index (κ1) is 11.5. The fourth-order valence-corrected chi connectivity index (χ4v) is 3.76. The average molecular weight is 286 g/mol. The van der Waals surface area contributed by atoms with E-state index in [0.717, 1.165) is 11.0 Å². The van der Waals surface area contributed by atoms with E-state index < -0.39 is 0 Å². The van der Waals surface area contributed by atoms with Gasteiger partial charge in [-0.3, -0.25) is 0 Å². The highest BCUT2D eigenvalue weighted by atomic mass is 79.9. The average Bonchev–Trinajstić information content (AvgIpc) is 2.30. The standard InChI is InChI=1S/C12H16BrNS/c13-11-3-1-9(2-4-11)12-8-15-6-5-10(12)7-14/h1-4,10,12H,5-8,14H2. The van der Waals surface area contributed by atoms with E-state index in [4.69, 9.17) is 5.73 Å². The van der Waals surface area contributed by atoms with Crippen LogP contribution in [0, 0.1) is 5.92 Å². The summed E-state index contributed by atoms with van der Waals surface area (Å²) in [5.74, 6) is 3.83. The van der Waals surface area contributed by atoms with Crippen molar-refractivity contribution in [3.05, 3.63) is 34.3 Å². The van der Waals surface area contributed by atoms with Gasteiger partial charge in [-0.15, -0.1) is 0 Å². The van der Waals surface area contributed by atoms with Crippen molar-refractivity contribution in [2.24, 2.45) is 11.7 Å². The Hall–Kier alpha value is 0.01000. The zero-order valence-corrected chi connectivity index (χ0v) is 11.1. The molecule has 1 saturated heterocycles. The molecular weight excluding hydrogens is 270 g/mol. The molecule has 3 heteroatoms. The molecule has 1 heterocycles. The van der Waals surface area contributed by atoms with Gasteiger partial charge in [0.2, 0.25) is 0 Å². The van der Waals surface area contributed by atoms with Crippen LogP contribution in [0.15, 0.2) is 28.7 Å². The smallest absolute Gasteiger partial charge is 0.0175 e. The number of halogens is 1. The summed E-state index contributed by atoms with van der Waals surface area (Å²) in [6.07, 6.45) is 1.27. The Kier molecular flexibility index (Phi) is 4.12. The van der Waals surface area contributed by atoms with E-state index in [2.05, 4.69) is 52.0 Å². The number of thioether (sulfide) groups is 1. The van der Waals surface area contributed by atoms with Gasteiger partial charge in [-0.2, -0.15) is 11.8 Å². The molecule has 82 valence electrons. The molecule has 0 aliphatic carbocycles. The Balaban J connectivity index is 2.16. The van der Waals surface area contributed by atoms with E-state index in [1.165, 1.54) is 23.5 Å². The Morgan fingerprint density at radius 3 is 2.73 bits per heavy atom. The van der Waals surface area contributed by atoms with Crippen molar-refractivity contribution in [1.29, 1.82) is 0 Å². The van der Waals surface area contributed by atoms with Crippen molar-refractivity contribution in [3.63, 3.8) is 0 Å². The van der Waals surface area contributed by atoms with E-state index in [-0.39, 0.29) is 0 Å². The van der Waals surface area contributed by atoms with Gasteiger partial charge in [0, 0.05) is 10.2 Å². The molecule has 1 nitrogen and oxygen atoms in total. The van der Waals surface area contributed by atoms with Crippen molar-refractivity contribution in [1.82, 2.24) is 0 Å². The molecule has 1 aliphatic rings. The van der Waals surface area contributed by atoms with Crippen LogP contribution in [0.25, 0.3) is 0 Å². The van der Waals surface area contributed by atoms with Crippen LogP contribution in [0.4, 0.5) is 0 Å². The van der Waals surface area contributed by atoms with Gasteiger partial charge in [0.25, 0.3) is 0 Å². The highest BCUT2D eigenvalue weighted by molar-refractivity contribution is 9.10. The molecule has 2 unspecified atom stereocenters. The predicted octanol–water partition coefficient (Wildman–Crippen LogP) is 3.24. The molecule has 0 aromatic heterocycles. The first-order valence-electron chi connectivity index (χ1n) is 5.34. The molecule has 0 bridgehead atoms. The minimum absolute atomic E-state index is 0.654. The van der Waals surface area contributed by atoms with Crippen molar-refractivity contribution in [2.75, 3.05) is 18.1 Å². The van der Waals surface area contributed by atoms with Gasteiger partial charge in [0.15, 0.2) is 0 Å². The summed E-state index contributed by atoms with van der Waals surface area (Å²) >= 11 is 5.53. The van der Waals surface area contributed by atoms with E-state index >= 15 is 0 Å². The van der Waals surface area contributed by atoms with Crippen LogP contribution in [0.3, 0.4) is 0 Å². The Labute approximate surface area is 104 Å². The predicted molar refractivity (Wildman–Crippen MR) is 71.4 cm³/mol. The van der Waals surface area contributed by atoms with Gasteiger partial charge in [-0.1, -0.05) is 28.1 Å². The SMILES string of the molecule is NCC1CCSCC1c1ccc(Br)cc1. The molecule has 1 aromatic rings. The lowest BCUT2D eigenvalue weighted by atomic mass is 9.85. The van der Waals surface area contributed by atoms with Crippen LogP contribution < -0.4 is 5.73 Å². The van der Waals surface area contributed by atoms with E-state index in [9.17, 15) is 0 Å². The van der Waals surface area contributed by atoms with E-state index in [1.807, 2.05) is 0 Å². The normalized spacial score (nSPS) is 26.5. The molecule has 1 aromatic carbocycles. The Bertz CT molecular complexity index is 312. The van der Waals surface area contributed by atoms with Crippen molar-refractivity contribution < 1.29 is 0 Å². The highest BCUT2D eigenvalue weighted by Crippen LogP contribution is 2.35. The largest absolute Gasteiger partial charge is 0.330 e. The molecule has 1 fully saturated rings. The molecule has 0 radical (unpaired) electrons. The third-order valence-corrected chi connectivity index (χ3v) is 4.75. The second-order valence-electron chi connectivity index (χ2n) is 4.02. The molecular formula is C12H16BrNS. The third kappa shape index (κ3) is 2.77.